The third kappa shape index (κ3) is 3.98. The molecular formula is C12H14N2O3. The fraction of sp³-hybridized carbons (Fsp3) is 0.167. The molecule has 0 bridgehead atoms. The van der Waals surface area contributed by atoms with Crippen molar-refractivity contribution in [2.24, 2.45) is 0 Å². The van der Waals surface area contributed by atoms with Gasteiger partial charge in [-0.05, 0) is 12.1 Å². The molecule has 90 valence electrons. The van der Waals surface area contributed by atoms with Crippen LogP contribution in [0.5, 0.6) is 0 Å². The first-order valence-electron chi connectivity index (χ1n) is 4.98. The average Bonchev–Trinajstić information content (AvgIpc) is 2.28. The molecule has 0 saturated carbocycles. The number of nitrogens with zero attached hydrogens (tertiary/aromatic N) is 1. The normalized spacial score (nSPS) is 10.8. The molecule has 1 aromatic rings. The summed E-state index contributed by atoms with van der Waals surface area (Å²) in [7, 11) is 3.36. The number of benzene rings is 1. The van der Waals surface area contributed by atoms with Gasteiger partial charge in [-0.3, -0.25) is 4.79 Å². The summed E-state index contributed by atoms with van der Waals surface area (Å²) < 4.78 is 0. The molecule has 1 aromatic carbocycles. The molecule has 0 spiro atoms. The SMILES string of the molecule is CN(C)C=C(NC(=O)c1ccccc1)C(=O)O. The number of aliphatic carboxylic acids is 1. The van der Waals surface area contributed by atoms with Crippen LogP contribution in [0.2, 0.25) is 0 Å². The Balaban J connectivity index is 2.83. The van der Waals surface area contributed by atoms with Gasteiger partial charge < -0.3 is 15.3 Å². The minimum Gasteiger partial charge on any atom is -0.477 e. The lowest BCUT2D eigenvalue weighted by molar-refractivity contribution is -0.133. The van der Waals surface area contributed by atoms with Crippen molar-refractivity contribution in [3.05, 3.63) is 47.8 Å². The predicted octanol–water partition coefficient (Wildman–Crippen LogP) is 0.904. The van der Waals surface area contributed by atoms with Crippen LogP contribution in [0.1, 0.15) is 10.4 Å². The minimum atomic E-state index is -1.18. The highest BCUT2D eigenvalue weighted by Crippen LogP contribution is 2.00. The first-order chi connectivity index (χ1) is 8.00. The van der Waals surface area contributed by atoms with Crippen LogP contribution in [0.3, 0.4) is 0 Å². The van der Waals surface area contributed by atoms with Crippen molar-refractivity contribution in [1.82, 2.24) is 10.2 Å². The highest BCUT2D eigenvalue weighted by atomic mass is 16.4. The van der Waals surface area contributed by atoms with Crippen LogP contribution in [0.4, 0.5) is 0 Å². The van der Waals surface area contributed by atoms with Crippen molar-refractivity contribution < 1.29 is 14.7 Å². The van der Waals surface area contributed by atoms with Crippen molar-refractivity contribution in [3.63, 3.8) is 0 Å². The van der Waals surface area contributed by atoms with Gasteiger partial charge in [0.25, 0.3) is 5.91 Å². The standard InChI is InChI=1S/C12H14N2O3/c1-14(2)8-10(12(16)17)13-11(15)9-6-4-3-5-7-9/h3-8H,1-2H3,(H,13,15)(H,16,17). The summed E-state index contributed by atoms with van der Waals surface area (Å²) in [4.78, 5) is 24.1. The number of carboxylic acids is 1. The van der Waals surface area contributed by atoms with E-state index in [4.69, 9.17) is 5.11 Å². The second-order valence-electron chi connectivity index (χ2n) is 3.63. The molecule has 1 rings (SSSR count). The fourth-order valence-electron chi connectivity index (χ4n) is 1.18. The molecule has 2 N–H and O–H groups in total. The zero-order chi connectivity index (χ0) is 12.8. The van der Waals surface area contributed by atoms with E-state index in [1.807, 2.05) is 0 Å². The number of nitrogens with one attached hydrogen (secondary N) is 1. The Bertz CT molecular complexity index is 438. The summed E-state index contributed by atoms with van der Waals surface area (Å²) in [6.45, 7) is 0. The molecule has 0 fully saturated rings. The molecular weight excluding hydrogens is 220 g/mol. The maximum Gasteiger partial charge on any atom is 0.353 e. The summed E-state index contributed by atoms with van der Waals surface area (Å²) in [5.74, 6) is -1.62. The van der Waals surface area contributed by atoms with Crippen LogP contribution in [0, 0.1) is 0 Å². The van der Waals surface area contributed by atoms with Crippen LogP contribution in [-0.4, -0.2) is 36.0 Å². The lowest BCUT2D eigenvalue weighted by Gasteiger charge is -2.10. The van der Waals surface area contributed by atoms with Gasteiger partial charge in [0, 0.05) is 25.9 Å². The van der Waals surface area contributed by atoms with Crippen LogP contribution in [-0.2, 0) is 4.79 Å². The van der Waals surface area contributed by atoms with Gasteiger partial charge in [-0.25, -0.2) is 4.79 Å². The third-order valence-corrected chi connectivity index (χ3v) is 1.90. The number of amides is 1. The second-order valence-corrected chi connectivity index (χ2v) is 3.63. The molecule has 5 nitrogen and oxygen atoms in total. The van der Waals surface area contributed by atoms with E-state index >= 15 is 0 Å². The quantitative estimate of drug-likeness (QED) is 0.759. The molecule has 17 heavy (non-hydrogen) atoms. The second kappa shape index (κ2) is 5.69. The maximum atomic E-state index is 11.7. The number of carbonyl (C=O) groups excluding carboxylic acids is 1. The van der Waals surface area contributed by atoms with E-state index in [2.05, 4.69) is 5.32 Å². The van der Waals surface area contributed by atoms with Crippen LogP contribution >= 0.6 is 0 Å². The molecule has 0 aliphatic rings. The molecule has 0 heterocycles. The van der Waals surface area contributed by atoms with Crippen LogP contribution in [0.25, 0.3) is 0 Å². The van der Waals surface area contributed by atoms with E-state index in [0.717, 1.165) is 0 Å². The van der Waals surface area contributed by atoms with E-state index < -0.39 is 11.9 Å². The van der Waals surface area contributed by atoms with Crippen LogP contribution in [0.15, 0.2) is 42.2 Å². The van der Waals surface area contributed by atoms with Crippen molar-refractivity contribution >= 4 is 11.9 Å². The predicted molar refractivity (Wildman–Crippen MR) is 63.3 cm³/mol. The Kier molecular flexibility index (Phi) is 4.28. The van der Waals surface area contributed by atoms with E-state index in [-0.39, 0.29) is 5.70 Å². The van der Waals surface area contributed by atoms with Crippen molar-refractivity contribution in [1.29, 1.82) is 0 Å². The van der Waals surface area contributed by atoms with Crippen molar-refractivity contribution in [3.8, 4) is 0 Å². The summed E-state index contributed by atoms with van der Waals surface area (Å²) in [6, 6.07) is 8.44. The molecule has 0 atom stereocenters. The number of rotatable bonds is 4. The van der Waals surface area contributed by atoms with E-state index in [0.29, 0.717) is 5.56 Å². The van der Waals surface area contributed by atoms with E-state index in [1.54, 1.807) is 49.3 Å². The highest BCUT2D eigenvalue weighted by Gasteiger charge is 2.12. The summed E-state index contributed by atoms with van der Waals surface area (Å²) >= 11 is 0. The fourth-order valence-corrected chi connectivity index (χ4v) is 1.18. The Morgan fingerprint density at radius 1 is 1.24 bits per heavy atom. The Morgan fingerprint density at radius 2 is 1.82 bits per heavy atom. The lowest BCUT2D eigenvalue weighted by atomic mass is 10.2. The molecule has 0 radical (unpaired) electrons. The molecule has 0 aromatic heterocycles. The van der Waals surface area contributed by atoms with Crippen LogP contribution < -0.4 is 5.32 Å². The van der Waals surface area contributed by atoms with Gasteiger partial charge >= 0.3 is 5.97 Å². The summed E-state index contributed by atoms with van der Waals surface area (Å²) in [5.41, 5.74) is 0.252. The first-order valence-corrected chi connectivity index (χ1v) is 4.98. The van der Waals surface area contributed by atoms with E-state index in [9.17, 15) is 9.59 Å². The first kappa shape index (κ1) is 12.8. The largest absolute Gasteiger partial charge is 0.477 e. The Hall–Kier alpha value is -2.30. The number of hydrogen-bond acceptors (Lipinski definition) is 3. The molecule has 0 aliphatic heterocycles. The summed E-state index contributed by atoms with van der Waals surface area (Å²) in [6.07, 6.45) is 1.34. The van der Waals surface area contributed by atoms with Crippen molar-refractivity contribution in [2.45, 2.75) is 0 Å². The van der Waals surface area contributed by atoms with Gasteiger partial charge in [0.1, 0.15) is 5.70 Å². The smallest absolute Gasteiger partial charge is 0.353 e. The minimum absolute atomic E-state index is 0.163. The number of carbonyl (C=O) groups is 2. The molecule has 5 heteroatoms. The summed E-state index contributed by atoms with van der Waals surface area (Å²) in [5, 5.41) is 11.3. The molecule has 0 aliphatic carbocycles. The monoisotopic (exact) mass is 234 g/mol. The zero-order valence-electron chi connectivity index (χ0n) is 9.68. The van der Waals surface area contributed by atoms with Gasteiger partial charge in [-0.15, -0.1) is 0 Å². The van der Waals surface area contributed by atoms with E-state index in [1.165, 1.54) is 6.20 Å². The van der Waals surface area contributed by atoms with Gasteiger partial charge in [0.05, 0.1) is 0 Å². The Morgan fingerprint density at radius 3 is 2.29 bits per heavy atom. The Labute approximate surface area is 99.4 Å². The van der Waals surface area contributed by atoms with Gasteiger partial charge in [-0.1, -0.05) is 18.2 Å². The molecule has 0 unspecified atom stereocenters. The highest BCUT2D eigenvalue weighted by molar-refractivity contribution is 6.00. The average molecular weight is 234 g/mol. The zero-order valence-corrected chi connectivity index (χ0v) is 9.68. The lowest BCUT2D eigenvalue weighted by Crippen LogP contribution is -2.28. The van der Waals surface area contributed by atoms with Gasteiger partial charge in [0.15, 0.2) is 0 Å². The molecule has 0 saturated heterocycles. The number of hydrogen-bond donors (Lipinski definition) is 2. The maximum absolute atomic E-state index is 11.7. The topological polar surface area (TPSA) is 69.6 Å². The molecule has 1 amide bonds. The third-order valence-electron chi connectivity index (χ3n) is 1.90. The van der Waals surface area contributed by atoms with Gasteiger partial charge in [-0.2, -0.15) is 0 Å². The number of carboxylic acid groups (broad SMARTS) is 1. The van der Waals surface area contributed by atoms with Crippen molar-refractivity contribution in [2.75, 3.05) is 14.1 Å². The van der Waals surface area contributed by atoms with Gasteiger partial charge in [0.2, 0.25) is 0 Å².